The highest BCUT2D eigenvalue weighted by molar-refractivity contribution is 5.84. The van der Waals surface area contributed by atoms with Gasteiger partial charge in [0.25, 0.3) is 0 Å². The Morgan fingerprint density at radius 3 is 2.35 bits per heavy atom. The number of hydrogen-bond acceptors (Lipinski definition) is 3. The van der Waals surface area contributed by atoms with Crippen molar-refractivity contribution in [2.45, 2.75) is 32.2 Å². The highest BCUT2D eigenvalue weighted by atomic mass is 19.1. The van der Waals surface area contributed by atoms with Crippen LogP contribution in [0.15, 0.2) is 24.3 Å². The van der Waals surface area contributed by atoms with Crippen LogP contribution in [0.5, 0.6) is 0 Å². The Kier molecular flexibility index (Phi) is 4.71. The monoisotopic (exact) mass is 278 g/mol. The third-order valence-corrected chi connectivity index (χ3v) is 3.79. The first kappa shape index (κ1) is 14.5. The SMILES string of the molecule is O=C([O-])C1CCCCC1C(=O)NCc1ccc(F)cc1. The van der Waals surface area contributed by atoms with Gasteiger partial charge in [-0.05, 0) is 30.5 Å². The Balaban J connectivity index is 1.93. The molecule has 0 spiro atoms. The molecule has 1 aliphatic carbocycles. The van der Waals surface area contributed by atoms with Gasteiger partial charge in [-0.15, -0.1) is 0 Å². The van der Waals surface area contributed by atoms with E-state index in [1.807, 2.05) is 0 Å². The van der Waals surface area contributed by atoms with E-state index in [4.69, 9.17) is 0 Å². The molecule has 1 aromatic carbocycles. The van der Waals surface area contributed by atoms with E-state index in [1.165, 1.54) is 12.1 Å². The summed E-state index contributed by atoms with van der Waals surface area (Å²) in [7, 11) is 0. The molecule has 1 aromatic rings. The number of carboxylic acids is 1. The van der Waals surface area contributed by atoms with Gasteiger partial charge in [-0.3, -0.25) is 4.79 Å². The second-order valence-corrected chi connectivity index (χ2v) is 5.16. The number of halogens is 1. The topological polar surface area (TPSA) is 69.2 Å². The highest BCUT2D eigenvalue weighted by Gasteiger charge is 2.31. The van der Waals surface area contributed by atoms with Crippen LogP contribution in [0.2, 0.25) is 0 Å². The maximum absolute atomic E-state index is 12.8. The molecule has 0 bridgehead atoms. The molecule has 5 heteroatoms. The number of carboxylic acid groups (broad SMARTS) is 1. The molecule has 20 heavy (non-hydrogen) atoms. The van der Waals surface area contributed by atoms with Crippen LogP contribution in [0, 0.1) is 17.7 Å². The molecule has 2 atom stereocenters. The van der Waals surface area contributed by atoms with E-state index in [1.54, 1.807) is 12.1 Å². The number of benzene rings is 1. The zero-order chi connectivity index (χ0) is 14.5. The number of rotatable bonds is 4. The summed E-state index contributed by atoms with van der Waals surface area (Å²) < 4.78 is 12.8. The maximum Gasteiger partial charge on any atom is 0.224 e. The quantitative estimate of drug-likeness (QED) is 0.893. The standard InChI is InChI=1S/C15H18FNO3/c16-11-7-5-10(6-8-11)9-17-14(18)12-3-1-2-4-13(12)15(19)20/h5-8,12-13H,1-4,9H2,(H,17,18)(H,19,20)/p-1. The van der Waals surface area contributed by atoms with Gasteiger partial charge in [0.15, 0.2) is 0 Å². The van der Waals surface area contributed by atoms with E-state index in [2.05, 4.69) is 5.32 Å². The van der Waals surface area contributed by atoms with Crippen LogP contribution in [0.25, 0.3) is 0 Å². The van der Waals surface area contributed by atoms with Gasteiger partial charge in [0.1, 0.15) is 5.82 Å². The van der Waals surface area contributed by atoms with Crippen LogP contribution < -0.4 is 10.4 Å². The van der Waals surface area contributed by atoms with Crippen molar-refractivity contribution >= 4 is 11.9 Å². The van der Waals surface area contributed by atoms with E-state index < -0.39 is 17.8 Å². The van der Waals surface area contributed by atoms with Crippen molar-refractivity contribution in [2.24, 2.45) is 11.8 Å². The molecule has 2 unspecified atom stereocenters. The molecule has 1 fully saturated rings. The normalized spacial score (nSPS) is 22.2. The summed E-state index contributed by atoms with van der Waals surface area (Å²) in [4.78, 5) is 23.1. The lowest BCUT2D eigenvalue weighted by atomic mass is 9.78. The summed E-state index contributed by atoms with van der Waals surface area (Å²) in [5, 5.41) is 13.8. The van der Waals surface area contributed by atoms with Crippen LogP contribution in [-0.2, 0) is 16.1 Å². The first-order valence-corrected chi connectivity index (χ1v) is 6.81. The smallest absolute Gasteiger partial charge is 0.224 e. The minimum atomic E-state index is -1.15. The zero-order valence-electron chi connectivity index (χ0n) is 11.1. The Morgan fingerprint density at radius 1 is 1.15 bits per heavy atom. The fraction of sp³-hybridized carbons (Fsp3) is 0.467. The van der Waals surface area contributed by atoms with Crippen LogP contribution in [0.1, 0.15) is 31.2 Å². The van der Waals surface area contributed by atoms with E-state index >= 15 is 0 Å². The van der Waals surface area contributed by atoms with Crippen molar-refractivity contribution < 1.29 is 19.1 Å². The van der Waals surface area contributed by atoms with E-state index in [0.29, 0.717) is 12.8 Å². The number of nitrogens with one attached hydrogen (secondary N) is 1. The minimum Gasteiger partial charge on any atom is -0.550 e. The second-order valence-electron chi connectivity index (χ2n) is 5.16. The number of amides is 1. The Hall–Kier alpha value is -1.91. The van der Waals surface area contributed by atoms with Gasteiger partial charge < -0.3 is 15.2 Å². The van der Waals surface area contributed by atoms with Crippen molar-refractivity contribution in [2.75, 3.05) is 0 Å². The summed E-state index contributed by atoms with van der Waals surface area (Å²) >= 11 is 0. The second kappa shape index (κ2) is 6.50. The van der Waals surface area contributed by atoms with Crippen molar-refractivity contribution in [3.05, 3.63) is 35.6 Å². The lowest BCUT2D eigenvalue weighted by Gasteiger charge is -2.31. The van der Waals surface area contributed by atoms with Gasteiger partial charge in [0, 0.05) is 24.3 Å². The first-order chi connectivity index (χ1) is 9.58. The third-order valence-electron chi connectivity index (χ3n) is 3.79. The van der Waals surface area contributed by atoms with Gasteiger partial charge >= 0.3 is 0 Å². The molecular formula is C15H17FNO3-. The Morgan fingerprint density at radius 2 is 1.75 bits per heavy atom. The highest BCUT2D eigenvalue weighted by Crippen LogP contribution is 2.29. The van der Waals surface area contributed by atoms with E-state index in [9.17, 15) is 19.1 Å². The molecule has 0 aromatic heterocycles. The van der Waals surface area contributed by atoms with Crippen molar-refractivity contribution in [3.8, 4) is 0 Å². The molecule has 2 rings (SSSR count). The zero-order valence-corrected chi connectivity index (χ0v) is 11.1. The van der Waals surface area contributed by atoms with E-state index in [-0.39, 0.29) is 18.3 Å². The van der Waals surface area contributed by atoms with Crippen LogP contribution in [-0.4, -0.2) is 11.9 Å². The average Bonchev–Trinajstić information content (AvgIpc) is 2.46. The Labute approximate surface area is 117 Å². The predicted molar refractivity (Wildman–Crippen MR) is 68.7 cm³/mol. The summed E-state index contributed by atoms with van der Waals surface area (Å²) in [6, 6.07) is 5.83. The van der Waals surface area contributed by atoms with Crippen LogP contribution in [0.3, 0.4) is 0 Å². The molecule has 1 amide bonds. The molecule has 4 nitrogen and oxygen atoms in total. The summed E-state index contributed by atoms with van der Waals surface area (Å²) in [5.74, 6) is -2.95. The van der Waals surface area contributed by atoms with Gasteiger partial charge in [-0.1, -0.05) is 25.0 Å². The number of hydrogen-bond donors (Lipinski definition) is 1. The molecule has 0 radical (unpaired) electrons. The van der Waals surface area contributed by atoms with Crippen molar-refractivity contribution in [1.29, 1.82) is 0 Å². The summed E-state index contributed by atoms with van der Waals surface area (Å²) in [6.07, 6.45) is 2.75. The van der Waals surface area contributed by atoms with Crippen molar-refractivity contribution in [1.82, 2.24) is 5.32 Å². The molecule has 1 N–H and O–H groups in total. The first-order valence-electron chi connectivity index (χ1n) is 6.81. The largest absolute Gasteiger partial charge is 0.550 e. The van der Waals surface area contributed by atoms with Crippen LogP contribution >= 0.6 is 0 Å². The molecule has 0 saturated heterocycles. The Bertz CT molecular complexity index is 486. The molecule has 0 aliphatic heterocycles. The average molecular weight is 278 g/mol. The van der Waals surface area contributed by atoms with Gasteiger partial charge in [0.2, 0.25) is 5.91 Å². The summed E-state index contributed by atoms with van der Waals surface area (Å²) in [6.45, 7) is 0.273. The minimum absolute atomic E-state index is 0.261. The number of aliphatic carboxylic acids is 1. The fourth-order valence-electron chi connectivity index (χ4n) is 2.65. The van der Waals surface area contributed by atoms with Gasteiger partial charge in [0.05, 0.1) is 0 Å². The third kappa shape index (κ3) is 3.56. The molecule has 1 saturated carbocycles. The lowest BCUT2D eigenvalue weighted by Crippen LogP contribution is -2.44. The molecular weight excluding hydrogens is 261 g/mol. The molecule has 108 valence electrons. The van der Waals surface area contributed by atoms with Gasteiger partial charge in [-0.25, -0.2) is 4.39 Å². The number of carbonyl (C=O) groups is 2. The number of carbonyl (C=O) groups excluding carboxylic acids is 2. The van der Waals surface area contributed by atoms with E-state index in [0.717, 1.165) is 18.4 Å². The van der Waals surface area contributed by atoms with Crippen LogP contribution in [0.4, 0.5) is 4.39 Å². The van der Waals surface area contributed by atoms with Gasteiger partial charge in [-0.2, -0.15) is 0 Å². The maximum atomic E-state index is 12.8. The fourth-order valence-corrected chi connectivity index (χ4v) is 2.65. The molecule has 1 aliphatic rings. The molecule has 0 heterocycles. The summed E-state index contributed by atoms with van der Waals surface area (Å²) in [5.41, 5.74) is 0.778. The predicted octanol–water partition coefficient (Wildman–Crippen LogP) is 0.998. The lowest BCUT2D eigenvalue weighted by molar-refractivity contribution is -0.314. The van der Waals surface area contributed by atoms with Crippen molar-refractivity contribution in [3.63, 3.8) is 0 Å².